The Morgan fingerprint density at radius 3 is 2.52 bits per heavy atom. The molecule has 21 heavy (non-hydrogen) atoms. The second-order valence-electron chi connectivity index (χ2n) is 5.83. The van der Waals surface area contributed by atoms with E-state index in [4.69, 9.17) is 4.74 Å². The van der Waals surface area contributed by atoms with Crippen molar-refractivity contribution in [2.24, 2.45) is 0 Å². The van der Waals surface area contributed by atoms with Crippen LogP contribution in [0.3, 0.4) is 0 Å². The van der Waals surface area contributed by atoms with Gasteiger partial charge in [0.05, 0.1) is 13.7 Å². The smallest absolute Gasteiger partial charge is 0.234 e. The van der Waals surface area contributed by atoms with E-state index in [1.165, 1.54) is 32.1 Å². The molecule has 1 aliphatic carbocycles. The number of carbonyl (C=O) groups is 1. The van der Waals surface area contributed by atoms with Crippen molar-refractivity contribution in [2.45, 2.75) is 44.7 Å². The van der Waals surface area contributed by atoms with Crippen molar-refractivity contribution in [1.82, 2.24) is 10.2 Å². The summed E-state index contributed by atoms with van der Waals surface area (Å²) in [6, 6.07) is 8.35. The number of likely N-dealkylation sites (N-methyl/N-ethyl adjacent to an activating group) is 1. The fourth-order valence-corrected chi connectivity index (χ4v) is 2.88. The predicted octanol–water partition coefficient (Wildman–Crippen LogP) is 2.58. The van der Waals surface area contributed by atoms with Crippen molar-refractivity contribution in [3.8, 4) is 5.75 Å². The van der Waals surface area contributed by atoms with E-state index in [-0.39, 0.29) is 5.91 Å². The summed E-state index contributed by atoms with van der Waals surface area (Å²) < 4.78 is 5.12. The summed E-state index contributed by atoms with van der Waals surface area (Å²) in [5.41, 5.74) is 1.09. The first kappa shape index (κ1) is 15.8. The van der Waals surface area contributed by atoms with Crippen LogP contribution in [-0.4, -0.2) is 37.6 Å². The quantitative estimate of drug-likeness (QED) is 0.875. The van der Waals surface area contributed by atoms with Crippen molar-refractivity contribution in [1.29, 1.82) is 0 Å². The van der Waals surface area contributed by atoms with Crippen LogP contribution in [0.25, 0.3) is 0 Å². The molecule has 0 atom stereocenters. The Bertz CT molecular complexity index is 439. The van der Waals surface area contributed by atoms with Gasteiger partial charge < -0.3 is 10.1 Å². The van der Waals surface area contributed by atoms with E-state index in [1.54, 1.807) is 7.11 Å². The van der Waals surface area contributed by atoms with Gasteiger partial charge in [-0.25, -0.2) is 0 Å². The number of methoxy groups -OCH3 is 1. The third-order valence-electron chi connectivity index (χ3n) is 4.24. The number of hydrogen-bond acceptors (Lipinski definition) is 3. The van der Waals surface area contributed by atoms with Crippen molar-refractivity contribution in [3.63, 3.8) is 0 Å². The molecule has 0 aromatic heterocycles. The van der Waals surface area contributed by atoms with E-state index in [2.05, 4.69) is 17.3 Å². The fraction of sp³-hybridized carbons (Fsp3) is 0.588. The van der Waals surface area contributed by atoms with Gasteiger partial charge in [0, 0.05) is 12.6 Å². The molecule has 0 unspecified atom stereocenters. The maximum absolute atomic E-state index is 12.0. The molecule has 1 aliphatic rings. The number of nitrogens with one attached hydrogen (secondary N) is 1. The van der Waals surface area contributed by atoms with E-state index in [0.29, 0.717) is 19.1 Å². The molecule has 0 spiro atoms. The molecule has 116 valence electrons. The summed E-state index contributed by atoms with van der Waals surface area (Å²) in [5, 5.41) is 2.99. The highest BCUT2D eigenvalue weighted by atomic mass is 16.5. The van der Waals surface area contributed by atoms with Crippen molar-refractivity contribution < 1.29 is 9.53 Å². The molecule has 0 saturated heterocycles. The normalized spacial score (nSPS) is 16.0. The molecule has 1 aromatic carbocycles. The van der Waals surface area contributed by atoms with Crippen molar-refractivity contribution in [2.75, 3.05) is 20.7 Å². The molecule has 0 heterocycles. The lowest BCUT2D eigenvalue weighted by Crippen LogP contribution is -2.41. The minimum absolute atomic E-state index is 0.0962. The highest BCUT2D eigenvalue weighted by Gasteiger charge is 2.19. The molecule has 4 heteroatoms. The summed E-state index contributed by atoms with van der Waals surface area (Å²) in [6.45, 7) is 1.06. The van der Waals surface area contributed by atoms with Crippen LogP contribution in [-0.2, 0) is 11.3 Å². The van der Waals surface area contributed by atoms with Crippen LogP contribution in [0.4, 0.5) is 0 Å². The zero-order chi connectivity index (χ0) is 15.1. The van der Waals surface area contributed by atoms with E-state index in [0.717, 1.165) is 11.3 Å². The lowest BCUT2D eigenvalue weighted by molar-refractivity contribution is -0.122. The Kier molecular flexibility index (Phi) is 6.05. The van der Waals surface area contributed by atoms with Gasteiger partial charge in [0.2, 0.25) is 5.91 Å². The molecule has 4 nitrogen and oxygen atoms in total. The fourth-order valence-electron chi connectivity index (χ4n) is 2.88. The Labute approximate surface area is 127 Å². The molecule has 1 fully saturated rings. The highest BCUT2D eigenvalue weighted by Crippen LogP contribution is 2.21. The summed E-state index contributed by atoms with van der Waals surface area (Å²) in [6.07, 6.45) is 6.38. The van der Waals surface area contributed by atoms with Gasteiger partial charge in [-0.15, -0.1) is 0 Å². The van der Waals surface area contributed by atoms with Crippen LogP contribution in [0.5, 0.6) is 5.75 Å². The molecule has 0 radical (unpaired) electrons. The minimum atomic E-state index is 0.0962. The van der Waals surface area contributed by atoms with E-state index >= 15 is 0 Å². The number of hydrogen-bond donors (Lipinski definition) is 1. The van der Waals surface area contributed by atoms with Crippen LogP contribution in [0.2, 0.25) is 0 Å². The second-order valence-corrected chi connectivity index (χ2v) is 5.83. The first-order chi connectivity index (χ1) is 10.2. The maximum Gasteiger partial charge on any atom is 0.234 e. The highest BCUT2D eigenvalue weighted by molar-refractivity contribution is 5.78. The minimum Gasteiger partial charge on any atom is -0.497 e. The average Bonchev–Trinajstić information content (AvgIpc) is 2.54. The predicted molar refractivity (Wildman–Crippen MR) is 84.3 cm³/mol. The molecular formula is C17H26N2O2. The lowest BCUT2D eigenvalue weighted by Gasteiger charge is -2.30. The van der Waals surface area contributed by atoms with Crippen LogP contribution in [0.1, 0.15) is 37.7 Å². The van der Waals surface area contributed by atoms with Crippen LogP contribution < -0.4 is 10.1 Å². The number of nitrogens with zero attached hydrogens (tertiary/aromatic N) is 1. The van der Waals surface area contributed by atoms with Crippen LogP contribution in [0.15, 0.2) is 24.3 Å². The largest absolute Gasteiger partial charge is 0.497 e. The standard InChI is InChI=1S/C17H26N2O2/c1-19(15-6-4-3-5-7-15)13-17(20)18-12-14-8-10-16(21-2)11-9-14/h8-11,15H,3-7,12-13H2,1-2H3,(H,18,20). The SMILES string of the molecule is COc1ccc(CNC(=O)CN(C)C2CCCCC2)cc1. The van der Waals surface area contributed by atoms with E-state index < -0.39 is 0 Å². The second kappa shape index (κ2) is 8.03. The van der Waals surface area contributed by atoms with Gasteiger partial charge in [-0.1, -0.05) is 31.4 Å². The summed E-state index contributed by atoms with van der Waals surface area (Å²) >= 11 is 0. The van der Waals surface area contributed by atoms with E-state index in [9.17, 15) is 4.79 Å². The van der Waals surface area contributed by atoms with Crippen LogP contribution in [0, 0.1) is 0 Å². The summed E-state index contributed by atoms with van der Waals surface area (Å²) in [4.78, 5) is 14.2. The van der Waals surface area contributed by atoms with Crippen LogP contribution >= 0.6 is 0 Å². The van der Waals surface area contributed by atoms with Crippen molar-refractivity contribution >= 4 is 5.91 Å². The van der Waals surface area contributed by atoms with Gasteiger partial charge in [-0.2, -0.15) is 0 Å². The number of rotatable bonds is 6. The summed E-state index contributed by atoms with van der Waals surface area (Å²) in [5.74, 6) is 0.931. The maximum atomic E-state index is 12.0. The summed E-state index contributed by atoms with van der Waals surface area (Å²) in [7, 11) is 3.71. The number of benzene rings is 1. The third-order valence-corrected chi connectivity index (χ3v) is 4.24. The first-order valence-corrected chi connectivity index (χ1v) is 7.79. The van der Waals surface area contributed by atoms with Gasteiger partial charge in [-0.05, 0) is 37.6 Å². The lowest BCUT2D eigenvalue weighted by atomic mass is 9.94. The Morgan fingerprint density at radius 1 is 1.24 bits per heavy atom. The topological polar surface area (TPSA) is 41.6 Å². The number of ether oxygens (including phenoxy) is 1. The van der Waals surface area contributed by atoms with Gasteiger partial charge >= 0.3 is 0 Å². The molecular weight excluding hydrogens is 264 g/mol. The molecule has 1 amide bonds. The molecule has 2 rings (SSSR count). The molecule has 1 saturated carbocycles. The first-order valence-electron chi connectivity index (χ1n) is 7.79. The molecule has 0 bridgehead atoms. The van der Waals surface area contributed by atoms with Gasteiger partial charge in [0.15, 0.2) is 0 Å². The Balaban J connectivity index is 1.73. The Hall–Kier alpha value is -1.55. The van der Waals surface area contributed by atoms with Gasteiger partial charge in [0.25, 0.3) is 0 Å². The number of amides is 1. The third kappa shape index (κ3) is 5.05. The molecule has 1 aromatic rings. The molecule has 0 aliphatic heterocycles. The van der Waals surface area contributed by atoms with Gasteiger partial charge in [0.1, 0.15) is 5.75 Å². The zero-order valence-corrected chi connectivity index (χ0v) is 13.1. The zero-order valence-electron chi connectivity index (χ0n) is 13.1. The monoisotopic (exact) mass is 290 g/mol. The molecule has 1 N–H and O–H groups in total. The number of carbonyl (C=O) groups excluding carboxylic acids is 1. The van der Waals surface area contributed by atoms with Gasteiger partial charge in [-0.3, -0.25) is 9.69 Å². The Morgan fingerprint density at radius 2 is 1.90 bits per heavy atom. The van der Waals surface area contributed by atoms with E-state index in [1.807, 2.05) is 24.3 Å². The average molecular weight is 290 g/mol. The van der Waals surface area contributed by atoms with Crippen molar-refractivity contribution in [3.05, 3.63) is 29.8 Å².